The predicted molar refractivity (Wildman–Crippen MR) is 112 cm³/mol. The van der Waals surface area contributed by atoms with Gasteiger partial charge in [0.2, 0.25) is 0 Å². The Balaban J connectivity index is 1.61. The Labute approximate surface area is 179 Å². The number of carbonyl (C=O) groups excluding carboxylic acids is 1. The van der Waals surface area contributed by atoms with Gasteiger partial charge in [-0.3, -0.25) is 19.5 Å². The molecule has 0 aromatic carbocycles. The molecule has 0 saturated carbocycles. The van der Waals surface area contributed by atoms with Crippen molar-refractivity contribution < 1.29 is 18.0 Å². The summed E-state index contributed by atoms with van der Waals surface area (Å²) in [6.07, 6.45) is 5.37. The molecular weight excluding hydrogens is 425 g/mol. The maximum absolute atomic E-state index is 12.3. The molecule has 0 aliphatic heterocycles. The Morgan fingerprint density at radius 1 is 1.22 bits per heavy atom. The summed E-state index contributed by atoms with van der Waals surface area (Å²) in [5.74, 6) is -0.708. The van der Waals surface area contributed by atoms with Crippen LogP contribution in [0.2, 0.25) is 0 Å². The van der Waals surface area contributed by atoms with E-state index in [2.05, 4.69) is 35.3 Å². The summed E-state index contributed by atoms with van der Waals surface area (Å²) in [5, 5.41) is 7.37. The van der Waals surface area contributed by atoms with Crippen molar-refractivity contribution in [2.75, 3.05) is 11.9 Å². The molecule has 0 saturated heterocycles. The Bertz CT molecular complexity index is 1320. The number of hydrogen-bond donors (Lipinski definition) is 2. The number of rotatable bonds is 5. The van der Waals surface area contributed by atoms with Crippen LogP contribution in [0.15, 0.2) is 48.2 Å². The number of aromatic nitrogens is 6. The second-order valence-electron chi connectivity index (χ2n) is 6.99. The molecule has 4 heterocycles. The van der Waals surface area contributed by atoms with Gasteiger partial charge in [0, 0.05) is 47.7 Å². The summed E-state index contributed by atoms with van der Waals surface area (Å²) in [4.78, 5) is 31.3. The average molecular weight is 442 g/mol. The van der Waals surface area contributed by atoms with E-state index in [0.29, 0.717) is 16.9 Å². The summed E-state index contributed by atoms with van der Waals surface area (Å²) in [6.45, 7) is -0.233. The number of nitrogens with one attached hydrogen (secondary N) is 2. The normalized spacial score (nSPS) is 12.3. The molecule has 164 valence electrons. The number of alkyl halides is 3. The number of aliphatic imine (C=N–C) groups is 1. The third-order valence-corrected chi connectivity index (χ3v) is 4.55. The van der Waals surface area contributed by atoms with E-state index in [4.69, 9.17) is 0 Å². The van der Waals surface area contributed by atoms with Crippen LogP contribution in [0.3, 0.4) is 0 Å². The first-order valence-electron chi connectivity index (χ1n) is 9.37. The Morgan fingerprint density at radius 3 is 2.75 bits per heavy atom. The molecule has 0 aliphatic rings. The Hall–Kier alpha value is -4.09. The lowest BCUT2D eigenvalue weighted by Crippen LogP contribution is -2.23. The molecule has 4 aromatic rings. The van der Waals surface area contributed by atoms with Crippen LogP contribution in [-0.2, 0) is 11.8 Å². The number of H-pyrrole nitrogens is 1. The largest absolute Gasteiger partial charge is 0.407 e. The highest BCUT2D eigenvalue weighted by Gasteiger charge is 2.27. The number of pyridine rings is 1. The molecule has 4 rings (SSSR count). The zero-order valence-electron chi connectivity index (χ0n) is 17.0. The summed E-state index contributed by atoms with van der Waals surface area (Å²) in [5.41, 5.74) is 3.23. The van der Waals surface area contributed by atoms with Crippen molar-refractivity contribution in [2.45, 2.75) is 13.1 Å². The zero-order valence-corrected chi connectivity index (χ0v) is 17.0. The van der Waals surface area contributed by atoms with Gasteiger partial charge in [0.25, 0.3) is 5.91 Å². The van der Waals surface area contributed by atoms with Crippen molar-refractivity contribution in [1.82, 2.24) is 29.7 Å². The molecule has 32 heavy (non-hydrogen) atoms. The van der Waals surface area contributed by atoms with Crippen molar-refractivity contribution >= 4 is 28.5 Å². The van der Waals surface area contributed by atoms with E-state index < -0.39 is 18.6 Å². The first-order valence-corrected chi connectivity index (χ1v) is 9.37. The molecule has 0 aliphatic carbocycles. The first-order chi connectivity index (χ1) is 15.2. The number of aromatic amines is 1. The zero-order chi connectivity index (χ0) is 22.9. The smallest absolute Gasteiger partial charge is 0.345 e. The van der Waals surface area contributed by atoms with E-state index in [0.717, 1.165) is 16.5 Å². The molecule has 0 fully saturated rings. The molecule has 0 unspecified atom stereocenters. The van der Waals surface area contributed by atoms with E-state index in [1.165, 1.54) is 19.3 Å². The summed E-state index contributed by atoms with van der Waals surface area (Å²) in [6, 6.07) is 1.94. The summed E-state index contributed by atoms with van der Waals surface area (Å²) < 4.78 is 38.6. The average Bonchev–Trinajstić information content (AvgIpc) is 3.37. The van der Waals surface area contributed by atoms with Gasteiger partial charge in [0.15, 0.2) is 5.82 Å². The standard InChI is InChI=1S/C20H17F3N8O/c1-11(27-10-20(21,22)23)19(32)30-17-8-24-7-16(29-17)15-6-26-18-14(15)3-12(4-25-18)13-5-28-31(2)9-13/h3-9H,10H2,1-2H3,(H,25,26)(H,29,30,32). The fourth-order valence-electron chi connectivity index (χ4n) is 2.99. The molecule has 9 nitrogen and oxygen atoms in total. The van der Waals surface area contributed by atoms with Crippen molar-refractivity contribution in [3.8, 4) is 22.4 Å². The van der Waals surface area contributed by atoms with Gasteiger partial charge in [0.05, 0.1) is 30.0 Å². The van der Waals surface area contributed by atoms with Crippen LogP contribution in [0.5, 0.6) is 0 Å². The highest BCUT2D eigenvalue weighted by molar-refractivity contribution is 6.42. The summed E-state index contributed by atoms with van der Waals surface area (Å²) >= 11 is 0. The van der Waals surface area contributed by atoms with Crippen LogP contribution in [0.25, 0.3) is 33.4 Å². The third kappa shape index (κ3) is 4.63. The molecule has 0 bridgehead atoms. The molecule has 4 aromatic heterocycles. The van der Waals surface area contributed by atoms with Crippen LogP contribution < -0.4 is 5.32 Å². The fraction of sp³-hybridized carbons (Fsp3) is 0.200. The number of amides is 1. The maximum atomic E-state index is 12.3. The van der Waals surface area contributed by atoms with E-state index in [1.54, 1.807) is 23.3 Å². The van der Waals surface area contributed by atoms with Gasteiger partial charge >= 0.3 is 6.18 Å². The van der Waals surface area contributed by atoms with Crippen molar-refractivity contribution in [1.29, 1.82) is 0 Å². The number of carbonyl (C=O) groups is 1. The van der Waals surface area contributed by atoms with Crippen LogP contribution in [-0.4, -0.2) is 54.1 Å². The lowest BCUT2D eigenvalue weighted by Gasteiger charge is -2.07. The lowest BCUT2D eigenvalue weighted by atomic mass is 10.1. The highest BCUT2D eigenvalue weighted by Crippen LogP contribution is 2.30. The number of fused-ring (bicyclic) bond motifs is 1. The molecule has 2 N–H and O–H groups in total. The van der Waals surface area contributed by atoms with E-state index in [-0.39, 0.29) is 11.5 Å². The van der Waals surface area contributed by atoms with E-state index >= 15 is 0 Å². The van der Waals surface area contributed by atoms with Gasteiger partial charge in [-0.2, -0.15) is 18.3 Å². The van der Waals surface area contributed by atoms with Gasteiger partial charge in [0.1, 0.15) is 12.2 Å². The minimum atomic E-state index is -4.49. The number of nitrogens with zero attached hydrogens (tertiary/aromatic N) is 6. The minimum absolute atomic E-state index is 0.0831. The van der Waals surface area contributed by atoms with Gasteiger partial charge in [-0.1, -0.05) is 0 Å². The van der Waals surface area contributed by atoms with Crippen molar-refractivity contribution in [3.05, 3.63) is 43.2 Å². The van der Waals surface area contributed by atoms with Crippen molar-refractivity contribution in [2.24, 2.45) is 12.0 Å². The van der Waals surface area contributed by atoms with E-state index in [9.17, 15) is 18.0 Å². The SMILES string of the molecule is CC(=NCC(F)(F)F)C(=O)Nc1cncc(-c2c[nH]c3ncc(-c4cnn(C)c4)cc23)n1. The molecule has 0 spiro atoms. The monoisotopic (exact) mass is 442 g/mol. The number of aryl methyl sites for hydroxylation is 1. The van der Waals surface area contributed by atoms with Gasteiger partial charge in [-0.15, -0.1) is 0 Å². The minimum Gasteiger partial charge on any atom is -0.345 e. The highest BCUT2D eigenvalue weighted by atomic mass is 19.4. The van der Waals surface area contributed by atoms with Crippen LogP contribution in [0, 0.1) is 0 Å². The second kappa shape index (κ2) is 8.21. The second-order valence-corrected chi connectivity index (χ2v) is 6.99. The topological polar surface area (TPSA) is 114 Å². The van der Waals surface area contributed by atoms with E-state index in [1.807, 2.05) is 19.3 Å². The third-order valence-electron chi connectivity index (χ3n) is 4.55. The first kappa shape index (κ1) is 21.2. The van der Waals surface area contributed by atoms with Gasteiger partial charge in [-0.25, -0.2) is 9.97 Å². The maximum Gasteiger partial charge on any atom is 0.407 e. The molecule has 12 heteroatoms. The van der Waals surface area contributed by atoms with Crippen LogP contribution in [0.4, 0.5) is 19.0 Å². The quantitative estimate of drug-likeness (QED) is 0.460. The molecule has 0 atom stereocenters. The Morgan fingerprint density at radius 2 is 2.03 bits per heavy atom. The lowest BCUT2D eigenvalue weighted by molar-refractivity contribution is -0.118. The molecule has 0 radical (unpaired) electrons. The number of hydrogen-bond acceptors (Lipinski definition) is 6. The van der Waals surface area contributed by atoms with Crippen molar-refractivity contribution in [3.63, 3.8) is 0 Å². The molecular formula is C20H17F3N8O. The number of anilines is 1. The fourth-order valence-corrected chi connectivity index (χ4v) is 2.99. The van der Waals surface area contributed by atoms with Crippen LogP contribution >= 0.6 is 0 Å². The number of halogens is 3. The summed E-state index contributed by atoms with van der Waals surface area (Å²) in [7, 11) is 1.82. The van der Waals surface area contributed by atoms with Gasteiger partial charge in [-0.05, 0) is 13.0 Å². The molecule has 1 amide bonds. The van der Waals surface area contributed by atoms with Crippen LogP contribution in [0.1, 0.15) is 6.92 Å². The Kier molecular flexibility index (Phi) is 5.43. The predicted octanol–water partition coefficient (Wildman–Crippen LogP) is 3.38. The van der Waals surface area contributed by atoms with Gasteiger partial charge < -0.3 is 10.3 Å².